The first-order chi connectivity index (χ1) is 4.16. The van der Waals surface area contributed by atoms with Crippen LogP contribution in [0.25, 0.3) is 0 Å². The smallest absolute Gasteiger partial charge is 0.323 e. The van der Waals surface area contributed by atoms with Crippen molar-refractivity contribution in [1.82, 2.24) is 10.6 Å². The summed E-state index contributed by atoms with van der Waals surface area (Å²) in [5.41, 5.74) is 0. The molecule has 0 atom stereocenters. The molecule has 0 aromatic heterocycles. The van der Waals surface area contributed by atoms with Crippen LogP contribution >= 0.6 is 0 Å². The molecular weight excluding hydrogens is 124 g/mol. The number of amides is 2. The fraction of sp³-hybridized carbons (Fsp3) is 0.250. The number of nitrogens with one attached hydrogen (secondary N) is 2. The van der Waals surface area contributed by atoms with Crippen LogP contribution in [0.4, 0.5) is 4.79 Å². The maximum atomic E-state index is 10.3. The molecule has 4 N–H and O–H groups in total. The molecule has 0 bridgehead atoms. The zero-order valence-electron chi connectivity index (χ0n) is 4.72. The Morgan fingerprint density at radius 2 is 2.22 bits per heavy atom. The van der Waals surface area contributed by atoms with Gasteiger partial charge in [0.25, 0.3) is 0 Å². The van der Waals surface area contributed by atoms with E-state index in [9.17, 15) is 4.79 Å². The fourth-order valence-corrected chi connectivity index (χ4v) is 0.247. The molecule has 5 nitrogen and oxygen atoms in total. The van der Waals surface area contributed by atoms with E-state index in [1.54, 1.807) is 0 Å². The lowest BCUT2D eigenvalue weighted by atomic mass is 10.8. The predicted molar refractivity (Wildman–Crippen MR) is 30.5 cm³/mol. The Labute approximate surface area is 52.0 Å². The van der Waals surface area contributed by atoms with Crippen LogP contribution in [0.15, 0.2) is 12.5 Å². The number of carbonyl (C=O) groups is 1. The minimum absolute atomic E-state index is 0.457. The molecule has 0 saturated carbocycles. The van der Waals surface area contributed by atoms with Gasteiger partial charge in [0.05, 0.1) is 0 Å². The molecule has 0 aromatic rings. The molecule has 0 aromatic carbocycles. The highest BCUT2D eigenvalue weighted by Crippen LogP contribution is 1.71. The Kier molecular flexibility index (Phi) is 3.22. The molecule has 0 aliphatic rings. The topological polar surface area (TPSA) is 81.6 Å². The number of hydrogen-bond acceptors (Lipinski definition) is 3. The lowest BCUT2D eigenvalue weighted by Gasteiger charge is -2.00. The Morgan fingerprint density at radius 3 is 2.56 bits per heavy atom. The maximum Gasteiger partial charge on any atom is 0.323 e. The van der Waals surface area contributed by atoms with Crippen molar-refractivity contribution in [2.75, 3.05) is 6.73 Å². The standard InChI is InChI=1S/C4H8N2O3/c1-3(8)6-4(9)5-2-7/h7-8H,1-2H2,(H2,5,6,9). The number of rotatable bonds is 2. The zero-order valence-corrected chi connectivity index (χ0v) is 4.72. The van der Waals surface area contributed by atoms with E-state index in [0.717, 1.165) is 0 Å². The Balaban J connectivity index is 3.39. The van der Waals surface area contributed by atoms with Gasteiger partial charge in [0, 0.05) is 0 Å². The van der Waals surface area contributed by atoms with E-state index >= 15 is 0 Å². The van der Waals surface area contributed by atoms with Crippen LogP contribution in [0, 0.1) is 0 Å². The van der Waals surface area contributed by atoms with E-state index in [4.69, 9.17) is 10.2 Å². The summed E-state index contributed by atoms with van der Waals surface area (Å²) >= 11 is 0. The highest BCUT2D eigenvalue weighted by Gasteiger charge is 1.95. The fourth-order valence-electron chi connectivity index (χ4n) is 0.247. The van der Waals surface area contributed by atoms with E-state index in [1.807, 2.05) is 10.6 Å². The molecule has 0 aliphatic heterocycles. The van der Waals surface area contributed by atoms with E-state index in [0.29, 0.717) is 0 Å². The van der Waals surface area contributed by atoms with Crippen molar-refractivity contribution in [1.29, 1.82) is 0 Å². The van der Waals surface area contributed by atoms with E-state index in [1.165, 1.54) is 0 Å². The van der Waals surface area contributed by atoms with Gasteiger partial charge in [-0.3, -0.25) is 5.32 Å². The van der Waals surface area contributed by atoms with Crippen LogP contribution in [0.3, 0.4) is 0 Å². The van der Waals surface area contributed by atoms with Crippen molar-refractivity contribution in [3.63, 3.8) is 0 Å². The van der Waals surface area contributed by atoms with Crippen molar-refractivity contribution in [3.05, 3.63) is 12.5 Å². The number of aliphatic hydroxyl groups excluding tert-OH is 2. The first-order valence-corrected chi connectivity index (χ1v) is 2.20. The molecule has 5 heteroatoms. The second-order valence-corrected chi connectivity index (χ2v) is 1.24. The summed E-state index contributed by atoms with van der Waals surface area (Å²) in [6.45, 7) is 2.51. The first-order valence-electron chi connectivity index (χ1n) is 2.20. The van der Waals surface area contributed by atoms with Gasteiger partial charge in [-0.05, 0) is 6.58 Å². The molecule has 2 amide bonds. The summed E-state index contributed by atoms with van der Waals surface area (Å²) in [5.74, 6) is -0.457. The number of urea groups is 1. The summed E-state index contributed by atoms with van der Waals surface area (Å²) < 4.78 is 0. The quantitative estimate of drug-likeness (QED) is 0.295. The van der Waals surface area contributed by atoms with Gasteiger partial charge in [0.15, 0.2) is 5.88 Å². The van der Waals surface area contributed by atoms with Gasteiger partial charge in [0.1, 0.15) is 6.73 Å². The van der Waals surface area contributed by atoms with Gasteiger partial charge in [-0.2, -0.15) is 0 Å². The summed E-state index contributed by atoms with van der Waals surface area (Å²) in [6, 6.07) is -0.690. The van der Waals surface area contributed by atoms with Gasteiger partial charge >= 0.3 is 6.03 Å². The van der Waals surface area contributed by atoms with Crippen molar-refractivity contribution in [2.45, 2.75) is 0 Å². The Morgan fingerprint density at radius 1 is 1.67 bits per heavy atom. The summed E-state index contributed by atoms with van der Waals surface area (Å²) in [5, 5.41) is 20.2. The molecule has 0 spiro atoms. The normalized spacial score (nSPS) is 8.11. The third-order valence-electron chi connectivity index (χ3n) is 0.497. The van der Waals surface area contributed by atoms with Crippen LogP contribution in [0.2, 0.25) is 0 Å². The third kappa shape index (κ3) is 4.63. The number of hydrogen-bond donors (Lipinski definition) is 4. The lowest BCUT2D eigenvalue weighted by Crippen LogP contribution is -2.34. The SMILES string of the molecule is C=C(O)NC(=O)NCO. The first kappa shape index (κ1) is 7.77. The van der Waals surface area contributed by atoms with E-state index < -0.39 is 18.6 Å². The Bertz CT molecular complexity index is 123. The highest BCUT2D eigenvalue weighted by atomic mass is 16.3. The van der Waals surface area contributed by atoms with Gasteiger partial charge < -0.3 is 15.5 Å². The van der Waals surface area contributed by atoms with Crippen molar-refractivity contribution in [3.8, 4) is 0 Å². The summed E-state index contributed by atoms with van der Waals surface area (Å²) in [7, 11) is 0. The molecule has 0 unspecified atom stereocenters. The van der Waals surface area contributed by atoms with E-state index in [-0.39, 0.29) is 0 Å². The van der Waals surface area contributed by atoms with Gasteiger partial charge in [-0.15, -0.1) is 0 Å². The minimum Gasteiger partial charge on any atom is -0.495 e. The lowest BCUT2D eigenvalue weighted by molar-refractivity contribution is 0.215. The van der Waals surface area contributed by atoms with Crippen molar-refractivity contribution in [2.24, 2.45) is 0 Å². The molecule has 52 valence electrons. The van der Waals surface area contributed by atoms with Crippen LogP contribution in [-0.4, -0.2) is 23.0 Å². The molecule has 0 rings (SSSR count). The molecule has 0 heterocycles. The molecule has 0 fully saturated rings. The predicted octanol–water partition coefficient (Wildman–Crippen LogP) is -0.735. The summed E-state index contributed by atoms with van der Waals surface area (Å²) in [6.07, 6.45) is 0. The largest absolute Gasteiger partial charge is 0.495 e. The van der Waals surface area contributed by atoms with Gasteiger partial charge in [-0.25, -0.2) is 4.79 Å². The van der Waals surface area contributed by atoms with Gasteiger partial charge in [0.2, 0.25) is 0 Å². The van der Waals surface area contributed by atoms with Crippen LogP contribution in [0.5, 0.6) is 0 Å². The molecule has 0 radical (unpaired) electrons. The van der Waals surface area contributed by atoms with Crippen LogP contribution in [-0.2, 0) is 0 Å². The maximum absolute atomic E-state index is 10.3. The van der Waals surface area contributed by atoms with Crippen molar-refractivity contribution >= 4 is 6.03 Å². The van der Waals surface area contributed by atoms with Gasteiger partial charge in [-0.1, -0.05) is 0 Å². The number of aliphatic hydroxyl groups is 2. The molecule has 9 heavy (non-hydrogen) atoms. The zero-order chi connectivity index (χ0) is 7.28. The van der Waals surface area contributed by atoms with Crippen LogP contribution < -0.4 is 10.6 Å². The highest BCUT2D eigenvalue weighted by molar-refractivity contribution is 5.74. The second kappa shape index (κ2) is 3.73. The molecular formula is C4H8N2O3. The molecule has 0 saturated heterocycles. The molecule has 0 aliphatic carbocycles. The summed E-state index contributed by atoms with van der Waals surface area (Å²) in [4.78, 5) is 10.3. The van der Waals surface area contributed by atoms with Crippen LogP contribution in [0.1, 0.15) is 0 Å². The van der Waals surface area contributed by atoms with E-state index in [2.05, 4.69) is 6.58 Å². The van der Waals surface area contributed by atoms with Crippen molar-refractivity contribution < 1.29 is 15.0 Å². The Hall–Kier alpha value is -1.23. The second-order valence-electron chi connectivity index (χ2n) is 1.24. The third-order valence-corrected chi connectivity index (χ3v) is 0.497. The monoisotopic (exact) mass is 132 g/mol. The average Bonchev–Trinajstić information content (AvgIpc) is 1.63. The average molecular weight is 132 g/mol. The minimum atomic E-state index is -0.690. The number of carbonyl (C=O) groups excluding carboxylic acids is 1.